The van der Waals surface area contributed by atoms with Crippen LogP contribution in [0.25, 0.3) is 21.5 Å². The molecule has 0 N–H and O–H groups in total. The molecule has 26 heavy (non-hydrogen) atoms. The molecule has 0 heterocycles. The third kappa shape index (κ3) is 5.10. The van der Waals surface area contributed by atoms with Crippen LogP contribution in [0.5, 0.6) is 0 Å². The number of hydrogen-bond acceptors (Lipinski definition) is 0. The maximum Gasteiger partial charge on any atom is -0.0175 e. The van der Waals surface area contributed by atoms with Crippen LogP contribution in [-0.2, 0) is 12.8 Å². The summed E-state index contributed by atoms with van der Waals surface area (Å²) in [6.45, 7) is 9.24. The molecule has 0 aliphatic carbocycles. The van der Waals surface area contributed by atoms with Crippen LogP contribution >= 0.6 is 0 Å². The SMILES string of the molecule is CC(C)CCCc1ccc2cc3ccc(CCCC(C)C)cc3cc2c1. The Hall–Kier alpha value is -1.82. The zero-order valence-electron chi connectivity index (χ0n) is 17.0. The average molecular weight is 347 g/mol. The van der Waals surface area contributed by atoms with E-state index < -0.39 is 0 Å². The lowest BCUT2D eigenvalue weighted by molar-refractivity contribution is 0.556. The van der Waals surface area contributed by atoms with E-state index in [0.29, 0.717) is 0 Å². The second-order valence-electron chi connectivity index (χ2n) is 8.79. The van der Waals surface area contributed by atoms with Gasteiger partial charge in [0, 0.05) is 0 Å². The fourth-order valence-electron chi connectivity index (χ4n) is 3.84. The van der Waals surface area contributed by atoms with Crippen molar-refractivity contribution in [2.45, 2.75) is 66.2 Å². The van der Waals surface area contributed by atoms with E-state index >= 15 is 0 Å². The van der Waals surface area contributed by atoms with Crippen LogP contribution in [0.2, 0.25) is 0 Å². The zero-order valence-corrected chi connectivity index (χ0v) is 17.0. The summed E-state index contributed by atoms with van der Waals surface area (Å²) in [6, 6.07) is 18.8. The summed E-state index contributed by atoms with van der Waals surface area (Å²) in [5, 5.41) is 5.49. The molecule has 138 valence electrons. The molecule has 0 nitrogen and oxygen atoms in total. The quantitative estimate of drug-likeness (QED) is 0.363. The summed E-state index contributed by atoms with van der Waals surface area (Å²) in [4.78, 5) is 0. The Bertz CT molecular complexity index is 785. The average Bonchev–Trinajstić information content (AvgIpc) is 2.59. The molecular weight excluding hydrogens is 312 g/mol. The van der Waals surface area contributed by atoms with Gasteiger partial charge in [0.1, 0.15) is 0 Å². The zero-order chi connectivity index (χ0) is 18.5. The van der Waals surface area contributed by atoms with Crippen molar-refractivity contribution in [2.75, 3.05) is 0 Å². The minimum absolute atomic E-state index is 0.800. The lowest BCUT2D eigenvalue weighted by Gasteiger charge is -2.09. The number of benzene rings is 3. The molecule has 0 aliphatic heterocycles. The van der Waals surface area contributed by atoms with Gasteiger partial charge in [-0.2, -0.15) is 0 Å². The molecule has 0 atom stereocenters. The van der Waals surface area contributed by atoms with Crippen LogP contribution in [-0.4, -0.2) is 0 Å². The van der Waals surface area contributed by atoms with Gasteiger partial charge in [-0.1, -0.05) is 76.9 Å². The Labute approximate surface area is 159 Å². The molecule has 0 saturated carbocycles. The van der Waals surface area contributed by atoms with E-state index in [0.717, 1.165) is 11.8 Å². The van der Waals surface area contributed by atoms with E-state index in [1.807, 2.05) is 0 Å². The van der Waals surface area contributed by atoms with Crippen molar-refractivity contribution in [2.24, 2.45) is 11.8 Å². The third-order valence-corrected chi connectivity index (χ3v) is 5.42. The lowest BCUT2D eigenvalue weighted by atomic mass is 9.96. The number of rotatable bonds is 8. The first kappa shape index (κ1) is 19.0. The van der Waals surface area contributed by atoms with Crippen LogP contribution in [0.1, 0.15) is 64.5 Å². The summed E-state index contributed by atoms with van der Waals surface area (Å²) < 4.78 is 0. The van der Waals surface area contributed by atoms with Gasteiger partial charge >= 0.3 is 0 Å². The Morgan fingerprint density at radius 2 is 0.962 bits per heavy atom. The standard InChI is InChI=1S/C26H34/c1-19(2)7-5-9-21-11-13-23-17-24-14-12-22(10-6-8-20(3)4)16-26(24)18-25(23)15-21/h11-20H,5-10H2,1-4H3. The Morgan fingerprint density at radius 1 is 0.538 bits per heavy atom. The molecule has 0 unspecified atom stereocenters. The lowest BCUT2D eigenvalue weighted by Crippen LogP contribution is -1.92. The Balaban J connectivity index is 1.80. The van der Waals surface area contributed by atoms with Crippen LogP contribution < -0.4 is 0 Å². The highest BCUT2D eigenvalue weighted by Gasteiger charge is 2.03. The number of hydrogen-bond donors (Lipinski definition) is 0. The Kier molecular flexibility index (Phi) is 6.35. The molecule has 3 rings (SSSR count). The Morgan fingerprint density at radius 3 is 1.38 bits per heavy atom. The van der Waals surface area contributed by atoms with E-state index in [4.69, 9.17) is 0 Å². The van der Waals surface area contributed by atoms with Gasteiger partial charge in [-0.3, -0.25) is 0 Å². The molecule has 0 amide bonds. The van der Waals surface area contributed by atoms with Crippen LogP contribution in [0, 0.1) is 11.8 Å². The van der Waals surface area contributed by atoms with Gasteiger partial charge in [0.25, 0.3) is 0 Å². The molecule has 0 radical (unpaired) electrons. The molecule has 0 fully saturated rings. The van der Waals surface area contributed by atoms with E-state index in [1.54, 1.807) is 0 Å². The topological polar surface area (TPSA) is 0 Å². The van der Waals surface area contributed by atoms with Crippen LogP contribution in [0.3, 0.4) is 0 Å². The first-order chi connectivity index (χ1) is 12.5. The molecule has 0 heteroatoms. The van der Waals surface area contributed by atoms with Crippen LogP contribution in [0.15, 0.2) is 48.5 Å². The third-order valence-electron chi connectivity index (χ3n) is 5.42. The van der Waals surface area contributed by atoms with Crippen molar-refractivity contribution < 1.29 is 0 Å². The maximum atomic E-state index is 2.40. The van der Waals surface area contributed by atoms with Crippen molar-refractivity contribution in [3.05, 3.63) is 59.7 Å². The van der Waals surface area contributed by atoms with Crippen molar-refractivity contribution in [1.82, 2.24) is 0 Å². The largest absolute Gasteiger partial charge is 0.0628 e. The molecular formula is C26H34. The maximum absolute atomic E-state index is 2.40. The van der Waals surface area contributed by atoms with E-state index in [1.165, 1.54) is 71.2 Å². The number of aryl methyl sites for hydroxylation is 2. The molecule has 0 saturated heterocycles. The van der Waals surface area contributed by atoms with Gasteiger partial charge in [-0.05, 0) is 82.3 Å². The van der Waals surface area contributed by atoms with Crippen LogP contribution in [0.4, 0.5) is 0 Å². The minimum atomic E-state index is 0.800. The fraction of sp³-hybridized carbons (Fsp3) is 0.462. The van der Waals surface area contributed by atoms with Gasteiger partial charge < -0.3 is 0 Å². The van der Waals surface area contributed by atoms with Gasteiger partial charge in [-0.15, -0.1) is 0 Å². The van der Waals surface area contributed by atoms with Gasteiger partial charge in [0.2, 0.25) is 0 Å². The normalized spacial score (nSPS) is 11.9. The summed E-state index contributed by atoms with van der Waals surface area (Å²) in [5.74, 6) is 1.60. The van der Waals surface area contributed by atoms with Gasteiger partial charge in [0.05, 0.1) is 0 Å². The first-order valence-electron chi connectivity index (χ1n) is 10.5. The van der Waals surface area contributed by atoms with E-state index in [2.05, 4.69) is 76.2 Å². The van der Waals surface area contributed by atoms with Gasteiger partial charge in [0.15, 0.2) is 0 Å². The van der Waals surface area contributed by atoms with E-state index in [-0.39, 0.29) is 0 Å². The molecule has 0 spiro atoms. The molecule has 0 aromatic heterocycles. The van der Waals surface area contributed by atoms with E-state index in [9.17, 15) is 0 Å². The van der Waals surface area contributed by atoms with Crippen molar-refractivity contribution in [1.29, 1.82) is 0 Å². The summed E-state index contributed by atoms with van der Waals surface area (Å²) in [5.41, 5.74) is 2.95. The highest BCUT2D eigenvalue weighted by molar-refractivity contribution is 5.98. The summed E-state index contributed by atoms with van der Waals surface area (Å²) in [7, 11) is 0. The minimum Gasteiger partial charge on any atom is -0.0628 e. The molecule has 0 aliphatic rings. The predicted molar refractivity (Wildman–Crippen MR) is 117 cm³/mol. The molecule has 3 aromatic rings. The smallest absolute Gasteiger partial charge is 0.0175 e. The summed E-state index contributed by atoms with van der Waals surface area (Å²) in [6.07, 6.45) is 7.60. The highest BCUT2D eigenvalue weighted by Crippen LogP contribution is 2.26. The first-order valence-corrected chi connectivity index (χ1v) is 10.5. The molecule has 3 aromatic carbocycles. The second-order valence-corrected chi connectivity index (χ2v) is 8.79. The fourth-order valence-corrected chi connectivity index (χ4v) is 3.84. The number of fused-ring (bicyclic) bond motifs is 2. The van der Waals surface area contributed by atoms with Crippen molar-refractivity contribution in [3.63, 3.8) is 0 Å². The monoisotopic (exact) mass is 346 g/mol. The highest BCUT2D eigenvalue weighted by atomic mass is 14.1. The van der Waals surface area contributed by atoms with Crippen molar-refractivity contribution in [3.8, 4) is 0 Å². The van der Waals surface area contributed by atoms with Crippen molar-refractivity contribution >= 4 is 21.5 Å². The van der Waals surface area contributed by atoms with Gasteiger partial charge in [-0.25, -0.2) is 0 Å². The molecule has 0 bridgehead atoms. The second kappa shape index (κ2) is 8.71. The predicted octanol–water partition coefficient (Wildman–Crippen LogP) is 7.95. The summed E-state index contributed by atoms with van der Waals surface area (Å²) >= 11 is 0.